The van der Waals surface area contributed by atoms with Gasteiger partial charge >= 0.3 is 6.15 Å². The molecular formula is C32H66N4O3. The van der Waals surface area contributed by atoms with Gasteiger partial charge in [0.2, 0.25) is 0 Å². The minimum absolute atomic E-state index is 0.111. The summed E-state index contributed by atoms with van der Waals surface area (Å²) in [5.74, 6) is 2.20. The zero-order chi connectivity index (χ0) is 32.7. The Labute approximate surface area is 243 Å². The molecule has 0 aromatic heterocycles. The Kier molecular flexibility index (Phi) is 29.0. The monoisotopic (exact) mass is 555 g/mol. The van der Waals surface area contributed by atoms with Gasteiger partial charge in [0.1, 0.15) is 0 Å². The summed E-state index contributed by atoms with van der Waals surface area (Å²) in [7, 11) is 0. The number of nitrogens with zero attached hydrogens (tertiary/aromatic N) is 2. The van der Waals surface area contributed by atoms with Crippen molar-refractivity contribution >= 4 is 6.15 Å². The maximum atomic E-state index is 8.71. The summed E-state index contributed by atoms with van der Waals surface area (Å²) < 4.78 is 0. The van der Waals surface area contributed by atoms with E-state index in [0.29, 0.717) is 35.6 Å². The van der Waals surface area contributed by atoms with Crippen molar-refractivity contribution in [2.45, 2.75) is 123 Å². The minimum atomic E-state index is -0.153. The van der Waals surface area contributed by atoms with Crippen LogP contribution in [0.5, 0.6) is 0 Å². The van der Waals surface area contributed by atoms with Crippen molar-refractivity contribution in [3.8, 4) is 12.1 Å². The molecule has 5 N–H and O–H groups in total. The standard InChI is InChI=1S/C9H21NO.C8H15N.C7H17N.C7H13N.CO2/c1-8(2)9(3,7-10)5-4-6-11;1-5-8(4,6-9)7(2)3;2*1-6(2)7(3,4)5-8;2-1-3/h8,11H,4-7,10H2,1-3H3;7H,5H2,1-4H3;6H,5,8H2,1-4H3;6H,1-4H3;. The minimum Gasteiger partial charge on any atom is -0.396 e. The van der Waals surface area contributed by atoms with Crippen molar-refractivity contribution in [2.24, 2.45) is 56.8 Å². The molecule has 39 heavy (non-hydrogen) atoms. The van der Waals surface area contributed by atoms with Crippen LogP contribution in [-0.4, -0.2) is 31.0 Å². The fourth-order valence-electron chi connectivity index (χ4n) is 2.09. The van der Waals surface area contributed by atoms with Crippen molar-refractivity contribution in [3.63, 3.8) is 0 Å². The van der Waals surface area contributed by atoms with Crippen molar-refractivity contribution in [1.82, 2.24) is 0 Å². The SMILES string of the molecule is CC(C)C(C)(C)C#N.CC(C)C(C)(C)CN.CC(C)C(C)(CN)CCCO.CCC(C)(C#N)C(C)C.O=C=O. The highest BCUT2D eigenvalue weighted by Gasteiger charge is 2.26. The Morgan fingerprint density at radius 1 is 0.718 bits per heavy atom. The Morgan fingerprint density at radius 2 is 1.13 bits per heavy atom. The van der Waals surface area contributed by atoms with Crippen molar-refractivity contribution in [3.05, 3.63) is 0 Å². The van der Waals surface area contributed by atoms with E-state index in [-0.39, 0.29) is 29.0 Å². The van der Waals surface area contributed by atoms with E-state index in [2.05, 4.69) is 95.2 Å². The van der Waals surface area contributed by atoms with Gasteiger partial charge in [-0.2, -0.15) is 20.1 Å². The molecule has 0 spiro atoms. The smallest absolute Gasteiger partial charge is 0.373 e. The number of aliphatic hydroxyl groups is 1. The van der Waals surface area contributed by atoms with E-state index < -0.39 is 0 Å². The highest BCUT2D eigenvalue weighted by atomic mass is 16.3. The highest BCUT2D eigenvalue weighted by molar-refractivity contribution is 5.20. The van der Waals surface area contributed by atoms with Gasteiger partial charge in [0.05, 0.1) is 23.0 Å². The van der Waals surface area contributed by atoms with E-state index >= 15 is 0 Å². The quantitative estimate of drug-likeness (QED) is 0.258. The zero-order valence-corrected chi connectivity index (χ0v) is 28.4. The molecule has 0 aliphatic heterocycles. The number of aliphatic hydroxyl groups excluding tert-OH is 1. The second-order valence-electron chi connectivity index (χ2n) is 13.3. The highest BCUT2D eigenvalue weighted by Crippen LogP contribution is 2.31. The molecule has 0 heterocycles. The van der Waals surface area contributed by atoms with Crippen molar-refractivity contribution in [1.29, 1.82) is 10.5 Å². The van der Waals surface area contributed by atoms with Gasteiger partial charge in [-0.1, -0.05) is 83.1 Å². The maximum absolute atomic E-state index is 8.71. The van der Waals surface area contributed by atoms with Crippen LogP contribution in [0.4, 0.5) is 0 Å². The summed E-state index contributed by atoms with van der Waals surface area (Å²) in [6.45, 7) is 33.4. The molecule has 2 unspecified atom stereocenters. The van der Waals surface area contributed by atoms with Gasteiger partial charge < -0.3 is 16.6 Å². The summed E-state index contributed by atoms with van der Waals surface area (Å²) in [5.41, 5.74) is 11.4. The Morgan fingerprint density at radius 3 is 1.21 bits per heavy atom. The van der Waals surface area contributed by atoms with E-state index in [1.165, 1.54) is 0 Å². The molecule has 0 saturated carbocycles. The van der Waals surface area contributed by atoms with E-state index in [0.717, 1.165) is 25.8 Å². The third-order valence-electron chi connectivity index (χ3n) is 8.85. The summed E-state index contributed by atoms with van der Waals surface area (Å²) in [4.78, 5) is 16.2. The number of nitriles is 2. The molecule has 0 rings (SSSR count). The number of rotatable bonds is 10. The summed E-state index contributed by atoms with van der Waals surface area (Å²) >= 11 is 0. The molecule has 0 fully saturated rings. The molecule has 232 valence electrons. The summed E-state index contributed by atoms with van der Waals surface area (Å²) in [5, 5.41) is 25.9. The molecule has 0 aromatic carbocycles. The number of hydrogen-bond donors (Lipinski definition) is 3. The van der Waals surface area contributed by atoms with Crippen LogP contribution < -0.4 is 11.5 Å². The third-order valence-corrected chi connectivity index (χ3v) is 8.85. The van der Waals surface area contributed by atoms with Crippen LogP contribution in [0.1, 0.15) is 123 Å². The lowest BCUT2D eigenvalue weighted by Gasteiger charge is -2.32. The first-order valence-corrected chi connectivity index (χ1v) is 14.4. The predicted octanol–water partition coefficient (Wildman–Crippen LogP) is 7.20. The molecule has 0 bridgehead atoms. The van der Waals surface area contributed by atoms with Gasteiger partial charge in [0.15, 0.2) is 0 Å². The van der Waals surface area contributed by atoms with Gasteiger partial charge in [0.25, 0.3) is 0 Å². The number of carbonyl (C=O) groups excluding carboxylic acids is 2. The maximum Gasteiger partial charge on any atom is 0.373 e. The Hall–Kier alpha value is -1.76. The fourth-order valence-corrected chi connectivity index (χ4v) is 2.09. The van der Waals surface area contributed by atoms with Gasteiger partial charge in [-0.15, -0.1) is 0 Å². The first-order chi connectivity index (χ1) is 17.6. The molecule has 2 atom stereocenters. The Balaban J connectivity index is -0.000000128. The summed E-state index contributed by atoms with van der Waals surface area (Å²) in [6.07, 6.45) is 3.09. The van der Waals surface area contributed by atoms with E-state index in [4.69, 9.17) is 36.7 Å². The third kappa shape index (κ3) is 23.8. The second-order valence-corrected chi connectivity index (χ2v) is 13.3. The van der Waals surface area contributed by atoms with Gasteiger partial charge in [0, 0.05) is 6.61 Å². The largest absolute Gasteiger partial charge is 0.396 e. The lowest BCUT2D eigenvalue weighted by atomic mass is 9.76. The van der Waals surface area contributed by atoms with Crippen LogP contribution >= 0.6 is 0 Å². The van der Waals surface area contributed by atoms with E-state index in [1.54, 1.807) is 0 Å². The van der Waals surface area contributed by atoms with Crippen LogP contribution in [0.25, 0.3) is 0 Å². The van der Waals surface area contributed by atoms with Gasteiger partial charge in [-0.05, 0) is 87.6 Å². The average Bonchev–Trinajstić information content (AvgIpc) is 2.87. The van der Waals surface area contributed by atoms with Crippen LogP contribution in [-0.2, 0) is 9.59 Å². The van der Waals surface area contributed by atoms with Crippen LogP contribution in [0.2, 0.25) is 0 Å². The summed E-state index contributed by atoms with van der Waals surface area (Å²) in [6, 6.07) is 4.57. The van der Waals surface area contributed by atoms with E-state index in [1.807, 2.05) is 20.8 Å². The lowest BCUT2D eigenvalue weighted by Crippen LogP contribution is -2.32. The first kappa shape index (κ1) is 47.1. The van der Waals surface area contributed by atoms with Gasteiger partial charge in [-0.25, -0.2) is 0 Å². The molecule has 0 aliphatic rings. The first-order valence-electron chi connectivity index (χ1n) is 14.4. The average molecular weight is 555 g/mol. The molecule has 7 heteroatoms. The zero-order valence-electron chi connectivity index (χ0n) is 28.4. The van der Waals surface area contributed by atoms with Gasteiger partial charge in [-0.3, -0.25) is 0 Å². The van der Waals surface area contributed by atoms with Crippen molar-refractivity contribution in [2.75, 3.05) is 19.7 Å². The second kappa shape index (κ2) is 24.1. The lowest BCUT2D eigenvalue weighted by molar-refractivity contribution is -0.191. The molecule has 7 nitrogen and oxygen atoms in total. The topological polar surface area (TPSA) is 154 Å². The molecule has 0 aromatic rings. The molecule has 0 aliphatic carbocycles. The van der Waals surface area contributed by atoms with Crippen LogP contribution in [0, 0.1) is 68.0 Å². The predicted molar refractivity (Wildman–Crippen MR) is 164 cm³/mol. The normalized spacial score (nSPS) is 13.8. The molecule has 0 amide bonds. The molecule has 0 radical (unpaired) electrons. The Bertz CT molecular complexity index is 697. The van der Waals surface area contributed by atoms with Crippen LogP contribution in [0.15, 0.2) is 0 Å². The number of nitrogens with two attached hydrogens (primary N) is 2. The number of hydrogen-bond acceptors (Lipinski definition) is 7. The molecule has 0 saturated heterocycles. The fraction of sp³-hybridized carbons (Fsp3) is 0.906. The van der Waals surface area contributed by atoms with Crippen molar-refractivity contribution < 1.29 is 14.7 Å². The van der Waals surface area contributed by atoms with Crippen LogP contribution in [0.3, 0.4) is 0 Å². The molecular weight excluding hydrogens is 488 g/mol. The van der Waals surface area contributed by atoms with E-state index in [9.17, 15) is 0 Å².